The average molecular weight is 275 g/mol. The molecular weight excluding hydrogens is 254 g/mol. The van der Waals surface area contributed by atoms with E-state index in [0.29, 0.717) is 0 Å². The number of nitrogens with two attached hydrogens (primary N) is 1. The molecule has 2 aromatic heterocycles. The van der Waals surface area contributed by atoms with E-state index >= 15 is 0 Å². The zero-order valence-corrected chi connectivity index (χ0v) is 11.9. The van der Waals surface area contributed by atoms with Crippen LogP contribution in [-0.2, 0) is 13.5 Å². The lowest BCUT2D eigenvalue weighted by Crippen LogP contribution is -2.11. The van der Waals surface area contributed by atoms with E-state index in [4.69, 9.17) is 5.73 Å². The van der Waals surface area contributed by atoms with Crippen molar-refractivity contribution in [3.8, 4) is 0 Å². The van der Waals surface area contributed by atoms with Crippen LogP contribution in [0.25, 0.3) is 0 Å². The molecule has 2 heterocycles. The van der Waals surface area contributed by atoms with Gasteiger partial charge in [-0.25, -0.2) is 0 Å². The smallest absolute Gasteiger partial charge is 0.223 e. The molecule has 0 saturated carbocycles. The zero-order valence-electron chi connectivity index (χ0n) is 11.9. The summed E-state index contributed by atoms with van der Waals surface area (Å²) < 4.78 is 1.87. The summed E-state index contributed by atoms with van der Waals surface area (Å²) in [6.07, 6.45) is 3.70. The molecule has 20 heavy (non-hydrogen) atoms. The number of aryl methyl sites for hydroxylation is 1. The fourth-order valence-electron chi connectivity index (χ4n) is 1.87. The first kappa shape index (κ1) is 14.1. The molecule has 0 fully saturated rings. The number of anilines is 3. The SMILES string of the molecule is CCCNc1cc(NCCc2ccnn2C)nc(N)n1. The van der Waals surface area contributed by atoms with Crippen LogP contribution in [-0.4, -0.2) is 32.8 Å². The second kappa shape index (κ2) is 6.74. The fourth-order valence-corrected chi connectivity index (χ4v) is 1.87. The van der Waals surface area contributed by atoms with Gasteiger partial charge < -0.3 is 16.4 Å². The number of hydrogen-bond acceptors (Lipinski definition) is 6. The highest BCUT2D eigenvalue weighted by atomic mass is 15.3. The van der Waals surface area contributed by atoms with Crippen LogP contribution in [0, 0.1) is 0 Å². The van der Waals surface area contributed by atoms with Crippen LogP contribution >= 0.6 is 0 Å². The van der Waals surface area contributed by atoms with Crippen molar-refractivity contribution in [2.45, 2.75) is 19.8 Å². The molecule has 7 nitrogen and oxygen atoms in total. The summed E-state index contributed by atoms with van der Waals surface area (Å²) in [7, 11) is 1.94. The number of hydrogen-bond donors (Lipinski definition) is 3. The Balaban J connectivity index is 1.91. The van der Waals surface area contributed by atoms with Gasteiger partial charge in [-0.1, -0.05) is 6.92 Å². The van der Waals surface area contributed by atoms with Crippen molar-refractivity contribution in [2.75, 3.05) is 29.5 Å². The Morgan fingerprint density at radius 3 is 2.50 bits per heavy atom. The second-order valence-electron chi connectivity index (χ2n) is 4.55. The predicted octanol–water partition coefficient (Wildman–Crippen LogP) is 1.27. The average Bonchev–Trinajstić information content (AvgIpc) is 2.82. The first-order valence-electron chi connectivity index (χ1n) is 6.78. The second-order valence-corrected chi connectivity index (χ2v) is 4.55. The minimum absolute atomic E-state index is 0.272. The van der Waals surface area contributed by atoms with E-state index in [1.54, 1.807) is 6.20 Å². The highest BCUT2D eigenvalue weighted by molar-refractivity contribution is 5.50. The quantitative estimate of drug-likeness (QED) is 0.704. The molecule has 0 aliphatic rings. The van der Waals surface area contributed by atoms with Gasteiger partial charge in [0, 0.05) is 44.5 Å². The van der Waals surface area contributed by atoms with Crippen molar-refractivity contribution < 1.29 is 0 Å². The van der Waals surface area contributed by atoms with Gasteiger partial charge in [-0.2, -0.15) is 15.1 Å². The Morgan fingerprint density at radius 1 is 1.20 bits per heavy atom. The van der Waals surface area contributed by atoms with Gasteiger partial charge in [0.25, 0.3) is 0 Å². The first-order chi connectivity index (χ1) is 9.69. The molecule has 4 N–H and O–H groups in total. The summed E-state index contributed by atoms with van der Waals surface area (Å²) >= 11 is 0. The third-order valence-corrected chi connectivity index (χ3v) is 2.91. The Labute approximate surface area is 118 Å². The number of aromatic nitrogens is 4. The molecule has 0 radical (unpaired) electrons. The minimum Gasteiger partial charge on any atom is -0.370 e. The molecule has 2 aromatic rings. The van der Waals surface area contributed by atoms with Crippen LogP contribution in [0.15, 0.2) is 18.3 Å². The van der Waals surface area contributed by atoms with Gasteiger partial charge in [-0.3, -0.25) is 4.68 Å². The standard InChI is InChI=1S/C13H21N7/c1-3-6-15-11-9-12(19-13(14)18-11)16-7-4-10-5-8-17-20(10)2/h5,8-9H,3-4,6-7H2,1-2H3,(H4,14,15,16,18,19). The van der Waals surface area contributed by atoms with Gasteiger partial charge in [0.2, 0.25) is 5.95 Å². The van der Waals surface area contributed by atoms with E-state index in [1.165, 1.54) is 5.69 Å². The number of rotatable bonds is 7. The van der Waals surface area contributed by atoms with Crippen LogP contribution in [0.5, 0.6) is 0 Å². The van der Waals surface area contributed by atoms with Gasteiger partial charge >= 0.3 is 0 Å². The highest BCUT2D eigenvalue weighted by Gasteiger charge is 2.03. The molecule has 7 heteroatoms. The first-order valence-corrected chi connectivity index (χ1v) is 6.78. The molecule has 0 saturated heterocycles. The third kappa shape index (κ3) is 3.84. The van der Waals surface area contributed by atoms with Gasteiger partial charge in [-0.15, -0.1) is 0 Å². The summed E-state index contributed by atoms with van der Waals surface area (Å²) in [4.78, 5) is 8.32. The molecule has 2 rings (SSSR count). The Kier molecular flexibility index (Phi) is 4.75. The number of nitrogen functional groups attached to an aromatic ring is 1. The number of nitrogens with zero attached hydrogens (tertiary/aromatic N) is 4. The van der Waals surface area contributed by atoms with Crippen LogP contribution in [0.1, 0.15) is 19.0 Å². The molecular formula is C13H21N7. The molecule has 0 spiro atoms. The zero-order chi connectivity index (χ0) is 14.4. The normalized spacial score (nSPS) is 10.5. The molecule has 0 aliphatic carbocycles. The maximum atomic E-state index is 5.71. The Morgan fingerprint density at radius 2 is 1.90 bits per heavy atom. The lowest BCUT2D eigenvalue weighted by Gasteiger charge is -2.09. The van der Waals surface area contributed by atoms with Crippen LogP contribution in [0.2, 0.25) is 0 Å². The maximum Gasteiger partial charge on any atom is 0.223 e. The molecule has 0 bridgehead atoms. The monoisotopic (exact) mass is 275 g/mol. The largest absolute Gasteiger partial charge is 0.370 e. The maximum absolute atomic E-state index is 5.71. The van der Waals surface area contributed by atoms with E-state index in [-0.39, 0.29) is 5.95 Å². The molecule has 0 aromatic carbocycles. The van der Waals surface area contributed by atoms with Gasteiger partial charge in [0.15, 0.2) is 0 Å². The Bertz CT molecular complexity index is 549. The fraction of sp³-hybridized carbons (Fsp3) is 0.462. The molecule has 0 aliphatic heterocycles. The summed E-state index contributed by atoms with van der Waals surface area (Å²) in [5, 5.41) is 10.6. The van der Waals surface area contributed by atoms with Crippen molar-refractivity contribution >= 4 is 17.6 Å². The van der Waals surface area contributed by atoms with E-state index in [9.17, 15) is 0 Å². The van der Waals surface area contributed by atoms with Crippen LogP contribution in [0.3, 0.4) is 0 Å². The van der Waals surface area contributed by atoms with Crippen molar-refractivity contribution in [3.63, 3.8) is 0 Å². The molecule has 0 unspecified atom stereocenters. The van der Waals surface area contributed by atoms with Gasteiger partial charge in [0.1, 0.15) is 11.6 Å². The van der Waals surface area contributed by atoms with Crippen LogP contribution in [0.4, 0.5) is 17.6 Å². The van der Waals surface area contributed by atoms with Gasteiger partial charge in [0.05, 0.1) is 0 Å². The third-order valence-electron chi connectivity index (χ3n) is 2.91. The lowest BCUT2D eigenvalue weighted by atomic mass is 10.3. The summed E-state index contributed by atoms with van der Waals surface area (Å²) in [6.45, 7) is 3.73. The topological polar surface area (TPSA) is 93.7 Å². The molecule has 108 valence electrons. The van der Waals surface area contributed by atoms with E-state index in [1.807, 2.05) is 23.9 Å². The number of nitrogens with one attached hydrogen (secondary N) is 2. The molecule has 0 amide bonds. The van der Waals surface area contributed by atoms with Crippen molar-refractivity contribution in [3.05, 3.63) is 24.0 Å². The Hall–Kier alpha value is -2.31. The van der Waals surface area contributed by atoms with E-state index in [0.717, 1.165) is 37.6 Å². The van der Waals surface area contributed by atoms with E-state index < -0.39 is 0 Å². The van der Waals surface area contributed by atoms with Crippen LogP contribution < -0.4 is 16.4 Å². The van der Waals surface area contributed by atoms with Crippen molar-refractivity contribution in [1.82, 2.24) is 19.7 Å². The predicted molar refractivity (Wildman–Crippen MR) is 80.6 cm³/mol. The van der Waals surface area contributed by atoms with Crippen molar-refractivity contribution in [2.24, 2.45) is 7.05 Å². The summed E-state index contributed by atoms with van der Waals surface area (Å²) in [5.41, 5.74) is 6.88. The van der Waals surface area contributed by atoms with Gasteiger partial charge in [-0.05, 0) is 12.5 Å². The van der Waals surface area contributed by atoms with Crippen molar-refractivity contribution in [1.29, 1.82) is 0 Å². The highest BCUT2D eigenvalue weighted by Crippen LogP contribution is 2.12. The molecule has 0 atom stereocenters. The lowest BCUT2D eigenvalue weighted by molar-refractivity contribution is 0.711. The summed E-state index contributed by atoms with van der Waals surface area (Å²) in [6, 6.07) is 3.87. The summed E-state index contributed by atoms with van der Waals surface area (Å²) in [5.74, 6) is 1.76. The minimum atomic E-state index is 0.272. The van der Waals surface area contributed by atoms with E-state index in [2.05, 4.69) is 32.6 Å².